The van der Waals surface area contributed by atoms with E-state index in [1.165, 1.54) is 6.33 Å². The SMILES string of the molecule is CC1(C)O[C@@H]2[C@@H](CO)OC(n3cnc4c(N)ncnc43)[C@@H]2O1. The molecule has 0 saturated carbocycles. The van der Waals surface area contributed by atoms with Crippen molar-refractivity contribution in [1.82, 2.24) is 19.5 Å². The van der Waals surface area contributed by atoms with Crippen LogP contribution in [0.3, 0.4) is 0 Å². The number of nitrogen functional groups attached to an aromatic ring is 1. The smallest absolute Gasteiger partial charge is 0.167 e. The molecule has 4 rings (SSSR count). The number of imidazole rings is 1. The molecule has 118 valence electrons. The van der Waals surface area contributed by atoms with E-state index < -0.39 is 18.1 Å². The Morgan fingerprint density at radius 3 is 2.82 bits per heavy atom. The van der Waals surface area contributed by atoms with Gasteiger partial charge < -0.3 is 25.1 Å². The molecule has 4 atom stereocenters. The largest absolute Gasteiger partial charge is 0.394 e. The molecule has 0 bridgehead atoms. The second-order valence-corrected chi connectivity index (χ2v) is 5.90. The Morgan fingerprint density at radius 2 is 2.05 bits per heavy atom. The minimum absolute atomic E-state index is 0.152. The maximum absolute atomic E-state index is 9.52. The predicted octanol–water partition coefficient (Wildman–Crippen LogP) is -0.182. The lowest BCUT2D eigenvalue weighted by molar-refractivity contribution is -0.199. The molecule has 2 aliphatic rings. The number of nitrogens with two attached hydrogens (primary N) is 1. The van der Waals surface area contributed by atoms with Crippen LogP contribution in [0.15, 0.2) is 12.7 Å². The highest BCUT2D eigenvalue weighted by molar-refractivity contribution is 5.81. The molecule has 2 aromatic rings. The monoisotopic (exact) mass is 307 g/mol. The Balaban J connectivity index is 1.77. The third-order valence-corrected chi connectivity index (χ3v) is 3.97. The van der Waals surface area contributed by atoms with Crippen LogP contribution >= 0.6 is 0 Å². The molecule has 1 unspecified atom stereocenters. The molecule has 0 amide bonds. The Labute approximate surface area is 126 Å². The Bertz CT molecular complexity index is 718. The molecule has 0 aliphatic carbocycles. The molecule has 0 aromatic carbocycles. The van der Waals surface area contributed by atoms with Crippen LogP contribution in [0.1, 0.15) is 20.1 Å². The molecule has 0 spiro atoms. The highest BCUT2D eigenvalue weighted by atomic mass is 16.8. The Kier molecular flexibility index (Phi) is 2.89. The van der Waals surface area contributed by atoms with Crippen LogP contribution in [0.25, 0.3) is 11.2 Å². The summed E-state index contributed by atoms with van der Waals surface area (Å²) in [4.78, 5) is 12.4. The minimum atomic E-state index is -0.727. The molecule has 22 heavy (non-hydrogen) atoms. The lowest BCUT2D eigenvalue weighted by Crippen LogP contribution is -2.31. The van der Waals surface area contributed by atoms with Crippen LogP contribution in [0.2, 0.25) is 0 Å². The quantitative estimate of drug-likeness (QED) is 0.784. The van der Waals surface area contributed by atoms with E-state index in [-0.39, 0.29) is 18.8 Å². The number of fused-ring (bicyclic) bond motifs is 2. The third-order valence-electron chi connectivity index (χ3n) is 3.97. The molecular formula is C13H17N5O4. The number of aromatic nitrogens is 4. The van der Waals surface area contributed by atoms with Crippen molar-refractivity contribution >= 4 is 17.0 Å². The number of hydrogen-bond donors (Lipinski definition) is 2. The summed E-state index contributed by atoms with van der Waals surface area (Å²) in [6, 6.07) is 0. The zero-order valence-electron chi connectivity index (χ0n) is 12.2. The fraction of sp³-hybridized carbons (Fsp3) is 0.615. The lowest BCUT2D eigenvalue weighted by Gasteiger charge is -2.24. The molecule has 9 heteroatoms. The van der Waals surface area contributed by atoms with Crippen molar-refractivity contribution in [3.63, 3.8) is 0 Å². The number of aliphatic hydroxyl groups is 1. The first-order valence-corrected chi connectivity index (χ1v) is 7.05. The van der Waals surface area contributed by atoms with Gasteiger partial charge in [0, 0.05) is 0 Å². The van der Waals surface area contributed by atoms with Gasteiger partial charge in [-0.3, -0.25) is 4.57 Å². The standard InChI is InChI=1S/C13H17N5O4/c1-13(2)21-8-6(3-19)20-12(9(8)22-13)18-5-17-7-10(14)15-4-16-11(7)18/h4-6,8-9,12,19H,3H2,1-2H3,(H2,14,15,16)/t6-,8-,9-,12?/m1/s1. The van der Waals surface area contributed by atoms with Gasteiger partial charge in [0.25, 0.3) is 0 Å². The number of aliphatic hydroxyl groups excluding tert-OH is 1. The first kappa shape index (κ1) is 13.8. The molecule has 2 saturated heterocycles. The molecule has 2 fully saturated rings. The number of rotatable bonds is 2. The number of hydrogen-bond acceptors (Lipinski definition) is 8. The highest BCUT2D eigenvalue weighted by Gasteiger charge is 2.55. The number of nitrogens with zero attached hydrogens (tertiary/aromatic N) is 4. The third kappa shape index (κ3) is 1.90. The van der Waals surface area contributed by atoms with Crippen molar-refractivity contribution in [2.75, 3.05) is 12.3 Å². The van der Waals surface area contributed by atoms with E-state index in [0.29, 0.717) is 17.0 Å². The number of ether oxygens (including phenoxy) is 3. The maximum Gasteiger partial charge on any atom is 0.167 e. The first-order chi connectivity index (χ1) is 10.5. The summed E-state index contributed by atoms with van der Waals surface area (Å²) in [6.07, 6.45) is 1.30. The summed E-state index contributed by atoms with van der Waals surface area (Å²) in [6.45, 7) is 3.52. The van der Waals surface area contributed by atoms with Crippen molar-refractivity contribution in [2.24, 2.45) is 0 Å². The van der Waals surface area contributed by atoms with Gasteiger partial charge in [-0.2, -0.15) is 0 Å². The normalized spacial score (nSPS) is 33.4. The van der Waals surface area contributed by atoms with Crippen LogP contribution in [0.5, 0.6) is 0 Å². The molecule has 3 N–H and O–H groups in total. The van der Waals surface area contributed by atoms with Gasteiger partial charge in [-0.05, 0) is 13.8 Å². The van der Waals surface area contributed by atoms with Crippen LogP contribution < -0.4 is 5.73 Å². The van der Waals surface area contributed by atoms with Crippen molar-refractivity contribution in [3.8, 4) is 0 Å². The van der Waals surface area contributed by atoms with Crippen LogP contribution in [0, 0.1) is 0 Å². The summed E-state index contributed by atoms with van der Waals surface area (Å²) in [7, 11) is 0. The van der Waals surface area contributed by atoms with Gasteiger partial charge in [-0.1, -0.05) is 0 Å². The number of anilines is 1. The summed E-state index contributed by atoms with van der Waals surface area (Å²) >= 11 is 0. The molecular weight excluding hydrogens is 290 g/mol. The summed E-state index contributed by atoms with van der Waals surface area (Å²) < 4.78 is 19.4. The van der Waals surface area contributed by atoms with Crippen LogP contribution in [-0.2, 0) is 14.2 Å². The highest BCUT2D eigenvalue weighted by Crippen LogP contribution is 2.43. The van der Waals surface area contributed by atoms with Gasteiger partial charge in [0.05, 0.1) is 12.9 Å². The predicted molar refractivity (Wildman–Crippen MR) is 74.6 cm³/mol. The van der Waals surface area contributed by atoms with Gasteiger partial charge in [0.2, 0.25) is 0 Å². The van der Waals surface area contributed by atoms with E-state index in [4.69, 9.17) is 19.9 Å². The van der Waals surface area contributed by atoms with Crippen LogP contribution in [-0.4, -0.2) is 55.3 Å². The molecule has 9 nitrogen and oxygen atoms in total. The van der Waals surface area contributed by atoms with Gasteiger partial charge in [-0.15, -0.1) is 0 Å². The van der Waals surface area contributed by atoms with E-state index in [9.17, 15) is 5.11 Å². The molecule has 0 radical (unpaired) electrons. The van der Waals surface area contributed by atoms with Crippen molar-refractivity contribution in [3.05, 3.63) is 12.7 Å². The average molecular weight is 307 g/mol. The van der Waals surface area contributed by atoms with Crippen molar-refractivity contribution in [1.29, 1.82) is 0 Å². The van der Waals surface area contributed by atoms with E-state index in [2.05, 4.69) is 15.0 Å². The lowest BCUT2D eigenvalue weighted by atomic mass is 10.1. The van der Waals surface area contributed by atoms with E-state index in [1.54, 1.807) is 10.9 Å². The fourth-order valence-corrected chi connectivity index (χ4v) is 3.09. The molecule has 2 aromatic heterocycles. The molecule has 4 heterocycles. The van der Waals surface area contributed by atoms with Gasteiger partial charge in [0.1, 0.15) is 30.2 Å². The Hall–Kier alpha value is -1.81. The zero-order chi connectivity index (χ0) is 15.5. The van der Waals surface area contributed by atoms with Gasteiger partial charge in [0.15, 0.2) is 23.5 Å². The minimum Gasteiger partial charge on any atom is -0.394 e. The first-order valence-electron chi connectivity index (χ1n) is 7.05. The Morgan fingerprint density at radius 1 is 1.27 bits per heavy atom. The summed E-state index contributed by atoms with van der Waals surface area (Å²) in [5.74, 6) is -0.421. The second-order valence-electron chi connectivity index (χ2n) is 5.90. The van der Waals surface area contributed by atoms with E-state index >= 15 is 0 Å². The van der Waals surface area contributed by atoms with Crippen LogP contribution in [0.4, 0.5) is 5.82 Å². The van der Waals surface area contributed by atoms with E-state index in [0.717, 1.165) is 0 Å². The molecule has 2 aliphatic heterocycles. The second kappa shape index (κ2) is 4.59. The van der Waals surface area contributed by atoms with Crippen molar-refractivity contribution in [2.45, 2.75) is 44.2 Å². The summed E-state index contributed by atoms with van der Waals surface area (Å²) in [5, 5.41) is 9.52. The fourth-order valence-electron chi connectivity index (χ4n) is 3.09. The average Bonchev–Trinajstić information content (AvgIpc) is 3.10. The van der Waals surface area contributed by atoms with Crippen molar-refractivity contribution < 1.29 is 19.3 Å². The topological polar surface area (TPSA) is 118 Å². The summed E-state index contributed by atoms with van der Waals surface area (Å²) in [5.41, 5.74) is 6.87. The van der Waals surface area contributed by atoms with Gasteiger partial charge >= 0.3 is 0 Å². The van der Waals surface area contributed by atoms with Gasteiger partial charge in [-0.25, -0.2) is 15.0 Å². The maximum atomic E-state index is 9.52. The van der Waals surface area contributed by atoms with E-state index in [1.807, 2.05) is 13.8 Å². The zero-order valence-corrected chi connectivity index (χ0v) is 12.2.